The Morgan fingerprint density at radius 1 is 1.45 bits per heavy atom. The van der Waals surface area contributed by atoms with Gasteiger partial charge in [0.2, 0.25) is 5.91 Å². The fourth-order valence-electron chi connectivity index (χ4n) is 1.60. The highest BCUT2D eigenvalue weighted by molar-refractivity contribution is 5.75. The fourth-order valence-corrected chi connectivity index (χ4v) is 1.60. The lowest BCUT2D eigenvalue weighted by molar-refractivity contribution is -0.384. The van der Waals surface area contributed by atoms with E-state index < -0.39 is 4.92 Å². The van der Waals surface area contributed by atoms with Crippen molar-refractivity contribution in [1.29, 1.82) is 0 Å². The molecule has 0 aliphatic heterocycles. The molecular weight excluding hydrogens is 262 g/mol. The van der Waals surface area contributed by atoms with Gasteiger partial charge in [-0.15, -0.1) is 0 Å². The minimum absolute atomic E-state index is 0.0246. The van der Waals surface area contributed by atoms with Gasteiger partial charge in [-0.05, 0) is 12.6 Å². The molecule has 0 fully saturated rings. The average molecular weight is 281 g/mol. The molecule has 1 aromatic carbocycles. The van der Waals surface area contributed by atoms with Crippen molar-refractivity contribution in [3.63, 3.8) is 0 Å². The normalized spacial score (nSPS) is 10.1. The first-order valence-corrected chi connectivity index (χ1v) is 6.40. The second-order valence-corrected chi connectivity index (χ2v) is 4.10. The quantitative estimate of drug-likeness (QED) is 0.552. The highest BCUT2D eigenvalue weighted by Crippen LogP contribution is 2.24. The van der Waals surface area contributed by atoms with Crippen molar-refractivity contribution in [2.24, 2.45) is 0 Å². The largest absolute Gasteiger partial charge is 0.493 e. The van der Waals surface area contributed by atoms with Gasteiger partial charge in [0.1, 0.15) is 5.75 Å². The molecule has 0 unspecified atom stereocenters. The Morgan fingerprint density at radius 2 is 2.20 bits per heavy atom. The fraction of sp³-hybridized carbons (Fsp3) is 0.462. The molecule has 2 N–H and O–H groups in total. The van der Waals surface area contributed by atoms with Crippen LogP contribution >= 0.6 is 0 Å². The first-order valence-electron chi connectivity index (χ1n) is 6.40. The number of ether oxygens (including phenoxy) is 1. The molecule has 7 nitrogen and oxygen atoms in total. The van der Waals surface area contributed by atoms with Crippen LogP contribution < -0.4 is 15.4 Å². The number of amides is 1. The lowest BCUT2D eigenvalue weighted by Crippen LogP contribution is -2.20. The number of hydrogen-bond acceptors (Lipinski definition) is 5. The molecule has 0 saturated carbocycles. The Kier molecular flexibility index (Phi) is 6.45. The molecule has 7 heteroatoms. The van der Waals surface area contributed by atoms with Gasteiger partial charge in [0.15, 0.2) is 0 Å². The summed E-state index contributed by atoms with van der Waals surface area (Å²) in [5.74, 6) is 0.445. The molecule has 1 amide bonds. The first-order chi connectivity index (χ1) is 9.58. The van der Waals surface area contributed by atoms with E-state index in [0.29, 0.717) is 17.9 Å². The van der Waals surface area contributed by atoms with Crippen LogP contribution in [0.3, 0.4) is 0 Å². The predicted molar refractivity (Wildman–Crippen MR) is 74.7 cm³/mol. The minimum atomic E-state index is -0.441. The molecule has 1 aromatic rings. The number of nitrogens with zero attached hydrogens (tertiary/aromatic N) is 1. The zero-order valence-electron chi connectivity index (χ0n) is 11.6. The van der Waals surface area contributed by atoms with Crippen molar-refractivity contribution >= 4 is 11.6 Å². The van der Waals surface area contributed by atoms with E-state index in [1.807, 2.05) is 6.92 Å². The topological polar surface area (TPSA) is 93.5 Å². The van der Waals surface area contributed by atoms with E-state index in [-0.39, 0.29) is 24.6 Å². The lowest BCUT2D eigenvalue weighted by atomic mass is 10.1. The van der Waals surface area contributed by atoms with Crippen LogP contribution in [0.1, 0.15) is 18.9 Å². The Hall–Kier alpha value is -2.15. The van der Waals surface area contributed by atoms with E-state index in [4.69, 9.17) is 4.74 Å². The number of benzene rings is 1. The van der Waals surface area contributed by atoms with Gasteiger partial charge in [0, 0.05) is 31.3 Å². The van der Waals surface area contributed by atoms with Crippen LogP contribution in [-0.2, 0) is 11.3 Å². The molecule has 0 saturated heterocycles. The van der Waals surface area contributed by atoms with Crippen molar-refractivity contribution in [2.75, 3.05) is 20.2 Å². The number of nitro benzene ring substituents is 1. The maximum Gasteiger partial charge on any atom is 0.270 e. The second-order valence-electron chi connectivity index (χ2n) is 4.10. The molecule has 0 spiro atoms. The van der Waals surface area contributed by atoms with E-state index in [2.05, 4.69) is 10.6 Å². The number of carbonyl (C=O) groups is 1. The summed E-state index contributed by atoms with van der Waals surface area (Å²) in [6.45, 7) is 3.41. The molecule has 0 heterocycles. The molecule has 1 rings (SSSR count). The second kappa shape index (κ2) is 8.11. The Labute approximate surface area is 117 Å². The molecule has 110 valence electrons. The average Bonchev–Trinajstić information content (AvgIpc) is 2.45. The summed E-state index contributed by atoms with van der Waals surface area (Å²) in [5, 5.41) is 16.4. The van der Waals surface area contributed by atoms with Gasteiger partial charge >= 0.3 is 0 Å². The predicted octanol–water partition coefficient (Wildman–Crippen LogP) is 1.22. The minimum Gasteiger partial charge on any atom is -0.493 e. The highest BCUT2D eigenvalue weighted by atomic mass is 16.6. The van der Waals surface area contributed by atoms with Crippen molar-refractivity contribution in [2.45, 2.75) is 19.9 Å². The Balaban J connectivity index is 2.76. The van der Waals surface area contributed by atoms with Gasteiger partial charge in [-0.2, -0.15) is 0 Å². The van der Waals surface area contributed by atoms with Crippen LogP contribution in [-0.4, -0.2) is 31.0 Å². The third-order valence-electron chi connectivity index (χ3n) is 2.69. The van der Waals surface area contributed by atoms with Crippen LogP contribution in [0.25, 0.3) is 0 Å². The maximum atomic E-state index is 11.1. The maximum absolute atomic E-state index is 11.1. The van der Waals surface area contributed by atoms with Gasteiger partial charge in [-0.3, -0.25) is 14.9 Å². The third-order valence-corrected chi connectivity index (χ3v) is 2.69. The van der Waals surface area contributed by atoms with Crippen molar-refractivity contribution in [3.05, 3.63) is 33.9 Å². The van der Waals surface area contributed by atoms with Crippen LogP contribution in [0.2, 0.25) is 0 Å². The third kappa shape index (κ3) is 4.85. The highest BCUT2D eigenvalue weighted by Gasteiger charge is 2.11. The summed E-state index contributed by atoms with van der Waals surface area (Å²) in [5.41, 5.74) is 0.731. The Morgan fingerprint density at radius 3 is 2.80 bits per heavy atom. The summed E-state index contributed by atoms with van der Waals surface area (Å²) in [4.78, 5) is 21.4. The Bertz CT molecular complexity index is 477. The number of carbonyl (C=O) groups excluding carboxylic acids is 1. The van der Waals surface area contributed by atoms with Gasteiger partial charge in [0.25, 0.3) is 5.69 Å². The molecule has 0 aliphatic rings. The van der Waals surface area contributed by atoms with Gasteiger partial charge in [-0.25, -0.2) is 0 Å². The van der Waals surface area contributed by atoms with Crippen molar-refractivity contribution in [1.82, 2.24) is 10.6 Å². The zero-order valence-corrected chi connectivity index (χ0v) is 11.6. The molecular formula is C13H19N3O4. The van der Waals surface area contributed by atoms with Crippen LogP contribution in [0.4, 0.5) is 5.69 Å². The standard InChI is InChI=1S/C13H19N3O4/c1-3-15-9-10-8-11(16(18)19)4-5-12(10)20-7-6-13(17)14-2/h4-5,8,15H,3,6-7,9H2,1-2H3,(H,14,17). The van der Waals surface area contributed by atoms with Crippen molar-refractivity contribution in [3.8, 4) is 5.75 Å². The first kappa shape index (κ1) is 15.9. The molecule has 0 radical (unpaired) electrons. The number of rotatable bonds is 8. The van der Waals surface area contributed by atoms with Crippen LogP contribution in [0, 0.1) is 10.1 Å². The number of non-ortho nitro benzene ring substituents is 1. The van der Waals surface area contributed by atoms with Gasteiger partial charge in [0.05, 0.1) is 18.0 Å². The SMILES string of the molecule is CCNCc1cc([N+](=O)[O-])ccc1OCCC(=O)NC. The van der Waals surface area contributed by atoms with E-state index >= 15 is 0 Å². The van der Waals surface area contributed by atoms with Crippen LogP contribution in [0.15, 0.2) is 18.2 Å². The lowest BCUT2D eigenvalue weighted by Gasteiger charge is -2.11. The van der Waals surface area contributed by atoms with Crippen LogP contribution in [0.5, 0.6) is 5.75 Å². The molecule has 0 aliphatic carbocycles. The summed E-state index contributed by atoms with van der Waals surface area (Å²) < 4.78 is 5.52. The molecule has 0 atom stereocenters. The number of nitrogens with one attached hydrogen (secondary N) is 2. The summed E-state index contributed by atoms with van der Waals surface area (Å²) in [6.07, 6.45) is 0.244. The van der Waals surface area contributed by atoms with Gasteiger partial charge in [-0.1, -0.05) is 6.92 Å². The summed E-state index contributed by atoms with van der Waals surface area (Å²) in [7, 11) is 1.56. The van der Waals surface area contributed by atoms with E-state index in [1.165, 1.54) is 12.1 Å². The molecule has 20 heavy (non-hydrogen) atoms. The number of hydrogen-bond donors (Lipinski definition) is 2. The molecule has 0 bridgehead atoms. The van der Waals surface area contributed by atoms with Gasteiger partial charge < -0.3 is 15.4 Å². The van der Waals surface area contributed by atoms with Crippen molar-refractivity contribution < 1.29 is 14.5 Å². The zero-order chi connectivity index (χ0) is 15.0. The van der Waals surface area contributed by atoms with E-state index in [9.17, 15) is 14.9 Å². The molecule has 0 aromatic heterocycles. The monoisotopic (exact) mass is 281 g/mol. The smallest absolute Gasteiger partial charge is 0.270 e. The van der Waals surface area contributed by atoms with E-state index in [0.717, 1.165) is 6.54 Å². The summed E-state index contributed by atoms with van der Waals surface area (Å²) >= 11 is 0. The van der Waals surface area contributed by atoms with E-state index in [1.54, 1.807) is 13.1 Å². The number of nitro groups is 1. The summed E-state index contributed by atoms with van der Waals surface area (Å²) in [6, 6.07) is 4.44.